The van der Waals surface area contributed by atoms with E-state index in [9.17, 15) is 13.2 Å². The van der Waals surface area contributed by atoms with Crippen LogP contribution in [0.2, 0.25) is 0 Å². The lowest BCUT2D eigenvalue weighted by molar-refractivity contribution is -0.126. The molecule has 0 spiro atoms. The maximum atomic E-state index is 13.0. The van der Waals surface area contributed by atoms with Crippen LogP contribution < -0.4 is 10.1 Å². The van der Waals surface area contributed by atoms with Crippen molar-refractivity contribution in [2.24, 2.45) is 5.92 Å². The zero-order valence-electron chi connectivity index (χ0n) is 16.4. The number of nitrogens with one attached hydrogen (secondary N) is 2. The van der Waals surface area contributed by atoms with Crippen molar-refractivity contribution in [1.29, 1.82) is 0 Å². The molecule has 1 saturated heterocycles. The first-order valence-corrected chi connectivity index (χ1v) is 10.7. The number of rotatable bonds is 6. The summed E-state index contributed by atoms with van der Waals surface area (Å²) in [5, 5.41) is 9.62. The molecule has 2 N–H and O–H groups in total. The second-order valence-electron chi connectivity index (χ2n) is 7.03. The number of carbonyl (C=O) groups excluding carboxylic acids is 1. The molecule has 2 heterocycles. The number of H-pyrrole nitrogens is 1. The van der Waals surface area contributed by atoms with Gasteiger partial charge in [0.25, 0.3) is 0 Å². The first-order chi connectivity index (χ1) is 13.3. The molecule has 1 aliphatic rings. The number of hydrogen-bond donors (Lipinski definition) is 2. The van der Waals surface area contributed by atoms with Gasteiger partial charge in [-0.2, -0.15) is 9.40 Å². The molecule has 3 rings (SSSR count). The number of methoxy groups -OCH3 is 1. The van der Waals surface area contributed by atoms with Gasteiger partial charge in [-0.15, -0.1) is 0 Å². The predicted octanol–water partition coefficient (Wildman–Crippen LogP) is 1.75. The Balaban J connectivity index is 1.64. The minimum Gasteiger partial charge on any atom is -0.497 e. The number of benzene rings is 1. The first kappa shape index (κ1) is 20.3. The van der Waals surface area contributed by atoms with E-state index in [1.165, 1.54) is 4.31 Å². The summed E-state index contributed by atoms with van der Waals surface area (Å²) in [4.78, 5) is 12.8. The Bertz CT molecular complexity index is 918. The molecule has 1 aromatic carbocycles. The molecule has 9 heteroatoms. The zero-order valence-corrected chi connectivity index (χ0v) is 17.2. The van der Waals surface area contributed by atoms with E-state index < -0.39 is 10.0 Å². The highest BCUT2D eigenvalue weighted by Crippen LogP contribution is 2.27. The lowest BCUT2D eigenvalue weighted by atomic mass is 9.99. The summed E-state index contributed by atoms with van der Waals surface area (Å²) in [6.07, 6.45) is 1.32. The molecule has 0 radical (unpaired) electrons. The second kappa shape index (κ2) is 8.32. The van der Waals surface area contributed by atoms with E-state index in [1.54, 1.807) is 21.0 Å². The topological polar surface area (TPSA) is 104 Å². The van der Waals surface area contributed by atoms with Gasteiger partial charge in [0.05, 0.1) is 24.4 Å². The van der Waals surface area contributed by atoms with E-state index in [4.69, 9.17) is 4.74 Å². The van der Waals surface area contributed by atoms with Crippen LogP contribution >= 0.6 is 0 Å². The second-order valence-corrected chi connectivity index (χ2v) is 8.91. The number of piperidine rings is 1. The van der Waals surface area contributed by atoms with E-state index in [0.717, 1.165) is 11.3 Å². The fraction of sp³-hybridized carbons (Fsp3) is 0.474. The minimum absolute atomic E-state index is 0.128. The molecule has 0 saturated carbocycles. The van der Waals surface area contributed by atoms with E-state index in [2.05, 4.69) is 15.5 Å². The Morgan fingerprint density at radius 1 is 1.32 bits per heavy atom. The van der Waals surface area contributed by atoms with Crippen molar-refractivity contribution in [3.63, 3.8) is 0 Å². The number of sulfonamides is 1. The van der Waals surface area contributed by atoms with Gasteiger partial charge in [-0.05, 0) is 44.4 Å². The third kappa shape index (κ3) is 4.20. The Kier molecular flexibility index (Phi) is 6.04. The standard InChI is InChI=1S/C19H26N4O4S/c1-13-18(14(2)22-21-13)28(25,26)23-10-4-5-16(12-23)19(24)20-11-15-6-8-17(27-3)9-7-15/h6-9,16H,4-5,10-12H2,1-3H3,(H,20,24)(H,21,22)/t16-/m1/s1. The van der Waals surface area contributed by atoms with Crippen molar-refractivity contribution in [3.8, 4) is 5.75 Å². The average Bonchev–Trinajstić information content (AvgIpc) is 3.05. The molecule has 1 aliphatic heterocycles. The van der Waals surface area contributed by atoms with Crippen LogP contribution in [-0.4, -0.2) is 49.0 Å². The molecule has 0 aliphatic carbocycles. The number of ether oxygens (including phenoxy) is 1. The van der Waals surface area contributed by atoms with Crippen LogP contribution in [-0.2, 0) is 21.4 Å². The summed E-state index contributed by atoms with van der Waals surface area (Å²) in [5.41, 5.74) is 1.92. The van der Waals surface area contributed by atoms with Crippen molar-refractivity contribution < 1.29 is 17.9 Å². The van der Waals surface area contributed by atoms with Crippen LogP contribution in [0.15, 0.2) is 29.2 Å². The van der Waals surface area contributed by atoms with Gasteiger partial charge in [0.2, 0.25) is 15.9 Å². The summed E-state index contributed by atoms with van der Waals surface area (Å²) in [6.45, 7) is 4.34. The number of nitrogens with zero attached hydrogens (tertiary/aromatic N) is 2. The van der Waals surface area contributed by atoms with Gasteiger partial charge in [0.1, 0.15) is 10.6 Å². The molecule has 2 aromatic rings. The third-order valence-corrected chi connectivity index (χ3v) is 7.17. The average molecular weight is 407 g/mol. The van der Waals surface area contributed by atoms with Gasteiger partial charge in [0, 0.05) is 19.6 Å². The van der Waals surface area contributed by atoms with Gasteiger partial charge in [-0.1, -0.05) is 12.1 Å². The number of amides is 1. The molecule has 8 nitrogen and oxygen atoms in total. The Hall–Kier alpha value is -2.39. The molecule has 28 heavy (non-hydrogen) atoms. The Labute approximate surface area is 165 Å². The lowest BCUT2D eigenvalue weighted by Gasteiger charge is -2.31. The smallest absolute Gasteiger partial charge is 0.246 e. The summed E-state index contributed by atoms with van der Waals surface area (Å²) in [7, 11) is -2.07. The SMILES string of the molecule is COc1ccc(CNC(=O)[C@@H]2CCCN(S(=O)(=O)c3c(C)n[nH]c3C)C2)cc1. The van der Waals surface area contributed by atoms with Gasteiger partial charge in [-0.3, -0.25) is 9.89 Å². The highest BCUT2D eigenvalue weighted by Gasteiger charge is 2.35. The van der Waals surface area contributed by atoms with Crippen molar-refractivity contribution in [2.45, 2.75) is 38.1 Å². The summed E-state index contributed by atoms with van der Waals surface area (Å²) in [6, 6.07) is 7.46. The lowest BCUT2D eigenvalue weighted by Crippen LogP contribution is -2.45. The highest BCUT2D eigenvalue weighted by molar-refractivity contribution is 7.89. The van der Waals surface area contributed by atoms with Crippen LogP contribution in [0.3, 0.4) is 0 Å². The van der Waals surface area contributed by atoms with Crippen LogP contribution in [0.4, 0.5) is 0 Å². The van der Waals surface area contributed by atoms with Crippen molar-refractivity contribution in [3.05, 3.63) is 41.2 Å². The number of carbonyl (C=O) groups is 1. The van der Waals surface area contributed by atoms with E-state index in [-0.39, 0.29) is 23.3 Å². The fourth-order valence-electron chi connectivity index (χ4n) is 3.50. The molecule has 152 valence electrons. The monoisotopic (exact) mass is 406 g/mol. The molecule has 1 amide bonds. The molecule has 1 aromatic heterocycles. The van der Waals surface area contributed by atoms with E-state index >= 15 is 0 Å². The Morgan fingerprint density at radius 2 is 2.04 bits per heavy atom. The minimum atomic E-state index is -3.68. The van der Waals surface area contributed by atoms with Gasteiger partial charge in [0.15, 0.2) is 0 Å². The first-order valence-electron chi connectivity index (χ1n) is 9.25. The third-order valence-electron chi connectivity index (χ3n) is 5.04. The molecule has 0 bridgehead atoms. The van der Waals surface area contributed by atoms with Gasteiger partial charge in [-0.25, -0.2) is 8.42 Å². The summed E-state index contributed by atoms with van der Waals surface area (Å²) < 4.78 is 32.6. The van der Waals surface area contributed by atoms with E-state index in [0.29, 0.717) is 37.3 Å². The predicted molar refractivity (Wildman–Crippen MR) is 104 cm³/mol. The van der Waals surface area contributed by atoms with Crippen LogP contribution in [0, 0.1) is 19.8 Å². The normalized spacial score (nSPS) is 18.0. The van der Waals surface area contributed by atoms with Crippen LogP contribution in [0.25, 0.3) is 0 Å². The van der Waals surface area contributed by atoms with Crippen LogP contribution in [0.1, 0.15) is 29.8 Å². The summed E-state index contributed by atoms with van der Waals surface area (Å²) >= 11 is 0. The van der Waals surface area contributed by atoms with Crippen molar-refractivity contribution >= 4 is 15.9 Å². The molecular weight excluding hydrogens is 380 g/mol. The Morgan fingerprint density at radius 3 is 2.64 bits per heavy atom. The zero-order chi connectivity index (χ0) is 20.3. The number of aromatic nitrogens is 2. The highest BCUT2D eigenvalue weighted by atomic mass is 32.2. The molecular formula is C19H26N4O4S. The van der Waals surface area contributed by atoms with Crippen molar-refractivity contribution in [1.82, 2.24) is 19.8 Å². The number of aryl methyl sites for hydroxylation is 2. The summed E-state index contributed by atoms with van der Waals surface area (Å²) in [5.74, 6) is 0.263. The van der Waals surface area contributed by atoms with Crippen LogP contribution in [0.5, 0.6) is 5.75 Å². The molecule has 1 atom stereocenters. The quantitative estimate of drug-likeness (QED) is 0.761. The fourth-order valence-corrected chi connectivity index (χ4v) is 5.36. The van der Waals surface area contributed by atoms with Gasteiger partial charge < -0.3 is 10.1 Å². The maximum absolute atomic E-state index is 13.0. The number of hydrogen-bond acceptors (Lipinski definition) is 5. The number of aromatic amines is 1. The van der Waals surface area contributed by atoms with Gasteiger partial charge >= 0.3 is 0 Å². The molecule has 0 unspecified atom stereocenters. The van der Waals surface area contributed by atoms with E-state index in [1.807, 2.05) is 24.3 Å². The van der Waals surface area contributed by atoms with Crippen molar-refractivity contribution in [2.75, 3.05) is 20.2 Å². The largest absolute Gasteiger partial charge is 0.497 e. The maximum Gasteiger partial charge on any atom is 0.246 e. The molecule has 1 fully saturated rings.